The first kappa shape index (κ1) is 17.5. The quantitative estimate of drug-likeness (QED) is 0.770. The first-order chi connectivity index (χ1) is 13.3. The van der Waals surface area contributed by atoms with Crippen LogP contribution in [0, 0.1) is 0 Å². The number of hydrogen-bond donors (Lipinski definition) is 1. The SMILES string of the molecule is CCc1ccc(-c2ccc(C(=O)N3CCNCC3c3cccnc3)o2)cc1. The number of benzene rings is 1. The highest BCUT2D eigenvalue weighted by atomic mass is 16.4. The van der Waals surface area contributed by atoms with E-state index < -0.39 is 0 Å². The van der Waals surface area contributed by atoms with Crippen LogP contribution in [-0.4, -0.2) is 35.4 Å². The van der Waals surface area contributed by atoms with Crippen LogP contribution in [0.5, 0.6) is 0 Å². The fourth-order valence-corrected chi connectivity index (χ4v) is 3.47. The molecule has 4 rings (SSSR count). The molecule has 1 N–H and O–H groups in total. The Morgan fingerprint density at radius 3 is 2.81 bits per heavy atom. The van der Waals surface area contributed by atoms with E-state index in [-0.39, 0.29) is 11.9 Å². The van der Waals surface area contributed by atoms with E-state index in [4.69, 9.17) is 4.42 Å². The lowest BCUT2D eigenvalue weighted by atomic mass is 10.1. The summed E-state index contributed by atoms with van der Waals surface area (Å²) in [6.07, 6.45) is 4.57. The molecule has 3 heterocycles. The molecule has 1 aromatic carbocycles. The number of carbonyl (C=O) groups is 1. The van der Waals surface area contributed by atoms with Crippen molar-refractivity contribution in [3.05, 3.63) is 77.8 Å². The summed E-state index contributed by atoms with van der Waals surface area (Å²) in [5.41, 5.74) is 3.29. The van der Waals surface area contributed by atoms with Crippen LogP contribution in [0.2, 0.25) is 0 Å². The molecule has 3 aromatic rings. The van der Waals surface area contributed by atoms with Gasteiger partial charge < -0.3 is 14.6 Å². The van der Waals surface area contributed by atoms with Crippen LogP contribution >= 0.6 is 0 Å². The Balaban J connectivity index is 1.57. The number of rotatable bonds is 4. The number of amides is 1. The molecule has 1 amide bonds. The van der Waals surface area contributed by atoms with Gasteiger partial charge in [0.1, 0.15) is 5.76 Å². The van der Waals surface area contributed by atoms with Crippen LogP contribution in [0.3, 0.4) is 0 Å². The molecule has 2 aromatic heterocycles. The minimum Gasteiger partial charge on any atom is -0.451 e. The molecule has 0 bridgehead atoms. The van der Waals surface area contributed by atoms with Crippen LogP contribution < -0.4 is 5.32 Å². The molecule has 0 saturated carbocycles. The summed E-state index contributed by atoms with van der Waals surface area (Å²) >= 11 is 0. The largest absolute Gasteiger partial charge is 0.451 e. The van der Waals surface area contributed by atoms with Crippen molar-refractivity contribution in [1.82, 2.24) is 15.2 Å². The van der Waals surface area contributed by atoms with Crippen molar-refractivity contribution in [3.8, 4) is 11.3 Å². The Bertz CT molecular complexity index is 903. The van der Waals surface area contributed by atoms with Gasteiger partial charge in [-0.3, -0.25) is 9.78 Å². The van der Waals surface area contributed by atoms with E-state index in [1.54, 1.807) is 12.3 Å². The minimum absolute atomic E-state index is 0.0441. The molecule has 1 aliphatic heterocycles. The summed E-state index contributed by atoms with van der Waals surface area (Å²) in [5, 5.41) is 3.36. The number of carbonyl (C=O) groups excluding carboxylic acids is 1. The van der Waals surface area contributed by atoms with Crippen molar-refractivity contribution in [2.75, 3.05) is 19.6 Å². The van der Waals surface area contributed by atoms with Gasteiger partial charge in [0.2, 0.25) is 0 Å². The number of aromatic nitrogens is 1. The molecule has 1 fully saturated rings. The Labute approximate surface area is 159 Å². The number of nitrogens with one attached hydrogen (secondary N) is 1. The minimum atomic E-state index is -0.0817. The lowest BCUT2D eigenvalue weighted by Gasteiger charge is -2.35. The molecule has 0 aliphatic carbocycles. The van der Waals surface area contributed by atoms with Gasteiger partial charge in [0.15, 0.2) is 5.76 Å². The predicted octanol–water partition coefficient (Wildman–Crippen LogP) is 3.69. The average Bonchev–Trinajstić information content (AvgIpc) is 3.24. The second-order valence-electron chi connectivity index (χ2n) is 6.72. The smallest absolute Gasteiger partial charge is 0.290 e. The Hall–Kier alpha value is -2.92. The van der Waals surface area contributed by atoms with Gasteiger partial charge in [-0.25, -0.2) is 0 Å². The van der Waals surface area contributed by atoms with Crippen LogP contribution in [0.15, 0.2) is 65.3 Å². The number of nitrogens with zero attached hydrogens (tertiary/aromatic N) is 2. The third kappa shape index (κ3) is 3.64. The molecule has 27 heavy (non-hydrogen) atoms. The summed E-state index contributed by atoms with van der Waals surface area (Å²) < 4.78 is 5.92. The Morgan fingerprint density at radius 1 is 1.22 bits per heavy atom. The second-order valence-corrected chi connectivity index (χ2v) is 6.72. The van der Waals surface area contributed by atoms with Gasteiger partial charge in [-0.2, -0.15) is 0 Å². The number of aryl methyl sites for hydroxylation is 1. The van der Waals surface area contributed by atoms with Gasteiger partial charge in [-0.15, -0.1) is 0 Å². The molecule has 1 aliphatic rings. The molecule has 1 unspecified atom stereocenters. The highest BCUT2D eigenvalue weighted by Gasteiger charge is 2.30. The first-order valence-corrected chi connectivity index (χ1v) is 9.37. The zero-order valence-corrected chi connectivity index (χ0v) is 15.4. The van der Waals surface area contributed by atoms with Gasteiger partial charge in [0, 0.05) is 37.6 Å². The fourth-order valence-electron chi connectivity index (χ4n) is 3.47. The van der Waals surface area contributed by atoms with Gasteiger partial charge in [-0.1, -0.05) is 37.3 Å². The second kappa shape index (κ2) is 7.76. The molecule has 1 atom stereocenters. The summed E-state index contributed by atoms with van der Waals surface area (Å²) in [4.78, 5) is 19.2. The molecule has 5 nitrogen and oxygen atoms in total. The zero-order chi connectivity index (χ0) is 18.6. The molecular weight excluding hydrogens is 338 g/mol. The van der Waals surface area contributed by atoms with Crippen LogP contribution in [-0.2, 0) is 6.42 Å². The molecular formula is C22H23N3O2. The van der Waals surface area contributed by atoms with E-state index >= 15 is 0 Å². The summed E-state index contributed by atoms with van der Waals surface area (Å²) in [5.74, 6) is 1.01. The third-order valence-electron chi connectivity index (χ3n) is 5.04. The van der Waals surface area contributed by atoms with Crippen LogP contribution in [0.4, 0.5) is 0 Å². The van der Waals surface area contributed by atoms with E-state index in [0.29, 0.717) is 24.6 Å². The number of piperazine rings is 1. The monoisotopic (exact) mass is 361 g/mol. The Morgan fingerprint density at radius 2 is 2.07 bits per heavy atom. The summed E-state index contributed by atoms with van der Waals surface area (Å²) in [7, 11) is 0. The standard InChI is InChI=1S/C22H23N3O2/c1-2-16-5-7-17(8-6-16)20-9-10-21(27-20)22(26)25-13-12-24-15-19(25)18-4-3-11-23-14-18/h3-11,14,19,24H,2,12-13,15H2,1H3. The Kier molecular flexibility index (Phi) is 5.03. The molecule has 0 spiro atoms. The van der Waals surface area contributed by atoms with Gasteiger partial charge in [0.05, 0.1) is 6.04 Å². The van der Waals surface area contributed by atoms with Crippen molar-refractivity contribution in [2.45, 2.75) is 19.4 Å². The first-order valence-electron chi connectivity index (χ1n) is 9.37. The zero-order valence-electron chi connectivity index (χ0n) is 15.4. The molecule has 5 heteroatoms. The number of furan rings is 1. The highest BCUT2D eigenvalue weighted by Crippen LogP contribution is 2.27. The average molecular weight is 361 g/mol. The topological polar surface area (TPSA) is 58.4 Å². The molecule has 138 valence electrons. The third-order valence-corrected chi connectivity index (χ3v) is 5.04. The maximum atomic E-state index is 13.1. The summed E-state index contributed by atoms with van der Waals surface area (Å²) in [6, 6.07) is 15.8. The van der Waals surface area contributed by atoms with Gasteiger partial charge in [-0.05, 0) is 35.7 Å². The van der Waals surface area contributed by atoms with Crippen molar-refractivity contribution in [3.63, 3.8) is 0 Å². The van der Waals surface area contributed by atoms with Crippen molar-refractivity contribution >= 4 is 5.91 Å². The van der Waals surface area contributed by atoms with E-state index in [2.05, 4.69) is 29.4 Å². The van der Waals surface area contributed by atoms with E-state index in [1.165, 1.54) is 5.56 Å². The fraction of sp³-hybridized carbons (Fsp3) is 0.273. The van der Waals surface area contributed by atoms with Crippen LogP contribution in [0.1, 0.15) is 34.6 Å². The van der Waals surface area contributed by atoms with Gasteiger partial charge in [0.25, 0.3) is 5.91 Å². The van der Waals surface area contributed by atoms with E-state index in [1.807, 2.05) is 41.4 Å². The highest BCUT2D eigenvalue weighted by molar-refractivity contribution is 5.92. The predicted molar refractivity (Wildman–Crippen MR) is 104 cm³/mol. The molecule has 1 saturated heterocycles. The van der Waals surface area contributed by atoms with Crippen molar-refractivity contribution in [2.24, 2.45) is 0 Å². The lowest BCUT2D eigenvalue weighted by molar-refractivity contribution is 0.0602. The number of pyridine rings is 1. The van der Waals surface area contributed by atoms with Gasteiger partial charge >= 0.3 is 0 Å². The lowest BCUT2D eigenvalue weighted by Crippen LogP contribution is -2.48. The maximum absolute atomic E-state index is 13.1. The van der Waals surface area contributed by atoms with E-state index in [9.17, 15) is 4.79 Å². The van der Waals surface area contributed by atoms with E-state index in [0.717, 1.165) is 24.1 Å². The van der Waals surface area contributed by atoms with Crippen molar-refractivity contribution < 1.29 is 9.21 Å². The molecule has 0 radical (unpaired) electrons. The normalized spacial score (nSPS) is 17.1. The number of hydrogen-bond acceptors (Lipinski definition) is 4. The van der Waals surface area contributed by atoms with Crippen LogP contribution in [0.25, 0.3) is 11.3 Å². The summed E-state index contributed by atoms with van der Waals surface area (Å²) in [6.45, 7) is 4.25. The van der Waals surface area contributed by atoms with Crippen molar-refractivity contribution in [1.29, 1.82) is 0 Å². The maximum Gasteiger partial charge on any atom is 0.290 e.